The minimum Gasteiger partial charge on any atom is -0.475 e. The van der Waals surface area contributed by atoms with Gasteiger partial charge in [0.2, 0.25) is 0 Å². The second-order valence-electron chi connectivity index (χ2n) is 6.43. The Kier molecular flexibility index (Phi) is 6.70. The lowest BCUT2D eigenvalue weighted by atomic mass is 10.2. The van der Waals surface area contributed by atoms with Gasteiger partial charge in [0, 0.05) is 36.0 Å². The van der Waals surface area contributed by atoms with Crippen molar-refractivity contribution in [2.24, 2.45) is 0 Å². The minimum absolute atomic E-state index is 0.0627. The Morgan fingerprint density at radius 3 is 2.48 bits per heavy atom. The number of carboxylic acids is 1. The molecule has 0 bridgehead atoms. The number of amides is 1. The zero-order chi connectivity index (χ0) is 22.4. The van der Waals surface area contributed by atoms with E-state index >= 15 is 0 Å². The Labute approximate surface area is 173 Å². The van der Waals surface area contributed by atoms with Gasteiger partial charge in [0.15, 0.2) is 0 Å². The van der Waals surface area contributed by atoms with E-state index in [9.17, 15) is 18.0 Å². The molecule has 1 aromatic carbocycles. The third-order valence-corrected chi connectivity index (χ3v) is 4.25. The summed E-state index contributed by atoms with van der Waals surface area (Å²) in [5.41, 5.74) is 3.18. The zero-order valence-corrected chi connectivity index (χ0v) is 16.0. The number of fused-ring (bicyclic) bond motifs is 1. The van der Waals surface area contributed by atoms with E-state index < -0.39 is 12.1 Å². The molecule has 0 atom stereocenters. The van der Waals surface area contributed by atoms with Crippen LogP contribution < -0.4 is 5.32 Å². The highest BCUT2D eigenvalue weighted by atomic mass is 19.4. The molecule has 0 radical (unpaired) electrons. The summed E-state index contributed by atoms with van der Waals surface area (Å²) >= 11 is 0. The van der Waals surface area contributed by atoms with Crippen molar-refractivity contribution < 1.29 is 32.6 Å². The number of anilines is 2. The standard InChI is InChI=1S/C17H17N5O2.C2HF3O2/c23-17(22-5-7-24-8-6-22)16-10-14(3-4-18-16)20-13-1-2-15-12(9-13)11-19-21-15;3-2(4,5)1(6)7/h1-4,9-11H,5-8H2,(H,18,20)(H,19,21);(H,6,7). The number of aliphatic carboxylic acids is 1. The van der Waals surface area contributed by atoms with Crippen LogP contribution in [0.15, 0.2) is 42.7 Å². The van der Waals surface area contributed by atoms with E-state index in [1.807, 2.05) is 24.3 Å². The van der Waals surface area contributed by atoms with Crippen molar-refractivity contribution >= 4 is 34.2 Å². The van der Waals surface area contributed by atoms with E-state index in [2.05, 4.69) is 20.5 Å². The predicted octanol–water partition coefficient (Wildman–Crippen LogP) is 2.81. The molecule has 1 saturated heterocycles. The summed E-state index contributed by atoms with van der Waals surface area (Å²) in [6, 6.07) is 9.55. The quantitative estimate of drug-likeness (QED) is 0.576. The molecule has 1 amide bonds. The summed E-state index contributed by atoms with van der Waals surface area (Å²) in [5.74, 6) is -2.82. The van der Waals surface area contributed by atoms with Crippen molar-refractivity contribution in [3.05, 3.63) is 48.4 Å². The van der Waals surface area contributed by atoms with Crippen LogP contribution in [0.3, 0.4) is 0 Å². The number of ether oxygens (including phenoxy) is 1. The van der Waals surface area contributed by atoms with E-state index in [0.717, 1.165) is 22.3 Å². The van der Waals surface area contributed by atoms with Gasteiger partial charge < -0.3 is 20.1 Å². The summed E-state index contributed by atoms with van der Waals surface area (Å²) in [4.78, 5) is 27.4. The maximum atomic E-state index is 12.5. The van der Waals surface area contributed by atoms with Crippen molar-refractivity contribution in [1.82, 2.24) is 20.1 Å². The number of benzene rings is 1. The maximum absolute atomic E-state index is 12.5. The van der Waals surface area contributed by atoms with Gasteiger partial charge in [-0.2, -0.15) is 18.3 Å². The van der Waals surface area contributed by atoms with Crippen LogP contribution in [0.4, 0.5) is 24.5 Å². The van der Waals surface area contributed by atoms with Crippen LogP contribution in [0.1, 0.15) is 10.5 Å². The molecular weight excluding hydrogens is 419 g/mol. The molecule has 31 heavy (non-hydrogen) atoms. The first kappa shape index (κ1) is 22.0. The molecule has 9 nitrogen and oxygen atoms in total. The van der Waals surface area contributed by atoms with Gasteiger partial charge >= 0.3 is 12.1 Å². The fourth-order valence-electron chi connectivity index (χ4n) is 2.74. The number of rotatable bonds is 3. The molecule has 3 heterocycles. The van der Waals surface area contributed by atoms with E-state index in [0.29, 0.717) is 32.0 Å². The number of carboxylic acid groups (broad SMARTS) is 1. The van der Waals surface area contributed by atoms with Crippen molar-refractivity contribution in [3.63, 3.8) is 0 Å². The summed E-state index contributed by atoms with van der Waals surface area (Å²) < 4.78 is 37.0. The molecule has 0 saturated carbocycles. The number of nitrogens with zero attached hydrogens (tertiary/aromatic N) is 3. The Morgan fingerprint density at radius 1 is 1.13 bits per heavy atom. The van der Waals surface area contributed by atoms with Crippen LogP contribution in [0.5, 0.6) is 0 Å². The lowest BCUT2D eigenvalue weighted by molar-refractivity contribution is -0.192. The third-order valence-electron chi connectivity index (χ3n) is 4.25. The van der Waals surface area contributed by atoms with Gasteiger partial charge in [-0.25, -0.2) is 4.79 Å². The number of hydrogen-bond donors (Lipinski definition) is 3. The molecule has 12 heteroatoms. The number of nitrogens with one attached hydrogen (secondary N) is 2. The molecular formula is C19H18F3N5O4. The fourth-order valence-corrected chi connectivity index (χ4v) is 2.74. The smallest absolute Gasteiger partial charge is 0.475 e. The predicted molar refractivity (Wildman–Crippen MR) is 104 cm³/mol. The largest absolute Gasteiger partial charge is 0.490 e. The maximum Gasteiger partial charge on any atom is 0.490 e. The number of pyridine rings is 1. The summed E-state index contributed by atoms with van der Waals surface area (Å²) in [6.07, 6.45) is -1.66. The number of alkyl halides is 3. The van der Waals surface area contributed by atoms with Crippen molar-refractivity contribution in [2.75, 3.05) is 31.6 Å². The number of carbonyl (C=O) groups is 2. The lowest BCUT2D eigenvalue weighted by Gasteiger charge is -2.26. The van der Waals surface area contributed by atoms with E-state index in [1.54, 1.807) is 23.4 Å². The van der Waals surface area contributed by atoms with Crippen LogP contribution in [0, 0.1) is 0 Å². The van der Waals surface area contributed by atoms with Gasteiger partial charge in [0.25, 0.3) is 5.91 Å². The molecule has 3 aromatic rings. The lowest BCUT2D eigenvalue weighted by Crippen LogP contribution is -2.41. The van der Waals surface area contributed by atoms with Crippen LogP contribution in [0.25, 0.3) is 10.9 Å². The molecule has 164 valence electrons. The van der Waals surface area contributed by atoms with Gasteiger partial charge in [0.1, 0.15) is 5.69 Å². The van der Waals surface area contributed by atoms with Crippen LogP contribution in [-0.2, 0) is 9.53 Å². The summed E-state index contributed by atoms with van der Waals surface area (Å²) in [7, 11) is 0. The average molecular weight is 437 g/mol. The van der Waals surface area contributed by atoms with Crippen LogP contribution in [0.2, 0.25) is 0 Å². The molecule has 2 aromatic heterocycles. The molecule has 1 aliphatic rings. The second-order valence-corrected chi connectivity index (χ2v) is 6.43. The van der Waals surface area contributed by atoms with E-state index in [4.69, 9.17) is 14.6 Å². The number of hydrogen-bond acceptors (Lipinski definition) is 6. The van der Waals surface area contributed by atoms with Crippen molar-refractivity contribution in [1.29, 1.82) is 0 Å². The first-order chi connectivity index (χ1) is 14.7. The first-order valence-corrected chi connectivity index (χ1v) is 9.07. The van der Waals surface area contributed by atoms with E-state index in [-0.39, 0.29) is 5.91 Å². The van der Waals surface area contributed by atoms with Crippen LogP contribution >= 0.6 is 0 Å². The highest BCUT2D eigenvalue weighted by Crippen LogP contribution is 2.21. The number of aromatic nitrogens is 3. The molecule has 4 rings (SSSR count). The number of H-pyrrole nitrogens is 1. The summed E-state index contributed by atoms with van der Waals surface area (Å²) in [6.45, 7) is 2.37. The molecule has 0 aliphatic carbocycles. The third kappa shape index (κ3) is 5.92. The highest BCUT2D eigenvalue weighted by Gasteiger charge is 2.38. The molecule has 0 spiro atoms. The molecule has 1 fully saturated rings. The zero-order valence-electron chi connectivity index (χ0n) is 16.0. The molecule has 3 N–H and O–H groups in total. The number of halogens is 3. The Hall–Kier alpha value is -3.67. The van der Waals surface area contributed by atoms with Crippen LogP contribution in [-0.4, -0.2) is 69.5 Å². The molecule has 0 unspecified atom stereocenters. The van der Waals surface area contributed by atoms with E-state index in [1.165, 1.54) is 0 Å². The summed E-state index contributed by atoms with van der Waals surface area (Å²) in [5, 5.41) is 18.4. The SMILES string of the molecule is O=C(O)C(F)(F)F.O=C(c1cc(Nc2ccc3[nH]ncc3c2)ccn1)N1CCOCC1. The highest BCUT2D eigenvalue weighted by molar-refractivity contribution is 5.93. The van der Waals surface area contributed by atoms with Gasteiger partial charge in [-0.05, 0) is 30.3 Å². The average Bonchev–Trinajstić information content (AvgIpc) is 3.22. The number of morpholine rings is 1. The minimum atomic E-state index is -5.08. The van der Waals surface area contributed by atoms with Gasteiger partial charge in [-0.1, -0.05) is 0 Å². The monoisotopic (exact) mass is 437 g/mol. The van der Waals surface area contributed by atoms with Gasteiger partial charge in [-0.3, -0.25) is 14.9 Å². The second kappa shape index (κ2) is 9.43. The topological polar surface area (TPSA) is 120 Å². The number of aromatic amines is 1. The number of carbonyl (C=O) groups excluding carboxylic acids is 1. The fraction of sp³-hybridized carbons (Fsp3) is 0.263. The van der Waals surface area contributed by atoms with Gasteiger partial charge in [0.05, 0.1) is 24.9 Å². The van der Waals surface area contributed by atoms with Crippen molar-refractivity contribution in [2.45, 2.75) is 6.18 Å². The Bertz CT molecular complexity index is 1060. The Balaban J connectivity index is 0.000000339. The van der Waals surface area contributed by atoms with Gasteiger partial charge in [-0.15, -0.1) is 0 Å². The Morgan fingerprint density at radius 2 is 1.81 bits per heavy atom. The normalized spacial score (nSPS) is 14.0. The van der Waals surface area contributed by atoms with Crippen molar-refractivity contribution in [3.8, 4) is 0 Å². The molecule has 1 aliphatic heterocycles. The first-order valence-electron chi connectivity index (χ1n) is 9.07.